The molecule has 2 heterocycles. The molecule has 0 saturated carbocycles. The predicted octanol–water partition coefficient (Wildman–Crippen LogP) is 2.90. The summed E-state index contributed by atoms with van der Waals surface area (Å²) in [5, 5.41) is 0. The van der Waals surface area contributed by atoms with Crippen molar-refractivity contribution in [2.45, 2.75) is 32.1 Å². The van der Waals surface area contributed by atoms with Crippen LogP contribution in [0.4, 0.5) is 0 Å². The summed E-state index contributed by atoms with van der Waals surface area (Å²) >= 11 is 0. The van der Waals surface area contributed by atoms with Crippen molar-refractivity contribution in [3.63, 3.8) is 0 Å². The van der Waals surface area contributed by atoms with Crippen molar-refractivity contribution in [1.29, 1.82) is 0 Å². The monoisotopic (exact) mass is 320 g/mol. The highest BCUT2D eigenvalue weighted by molar-refractivity contribution is 7.86. The van der Waals surface area contributed by atoms with E-state index in [2.05, 4.69) is 18.2 Å². The Morgan fingerprint density at radius 3 is 2.09 bits per heavy atom. The first-order valence-electron chi connectivity index (χ1n) is 8.17. The Labute approximate surface area is 133 Å². The van der Waals surface area contributed by atoms with E-state index < -0.39 is 10.2 Å². The molecule has 0 N–H and O–H groups in total. The minimum absolute atomic E-state index is 0.489. The molecule has 0 radical (unpaired) electrons. The molecule has 2 aliphatic heterocycles. The van der Waals surface area contributed by atoms with Crippen LogP contribution in [0, 0.1) is 0 Å². The Hall–Kier alpha value is -1.17. The van der Waals surface area contributed by atoms with E-state index in [1.807, 2.05) is 18.2 Å². The Kier molecular flexibility index (Phi) is 4.96. The number of nitrogens with zero attached hydrogens (tertiary/aromatic N) is 2. The lowest BCUT2D eigenvalue weighted by Crippen LogP contribution is -2.45. The fourth-order valence-corrected chi connectivity index (χ4v) is 4.84. The molecule has 1 aromatic carbocycles. The fourth-order valence-electron chi connectivity index (χ4n) is 3.21. The van der Waals surface area contributed by atoms with Gasteiger partial charge in [-0.3, -0.25) is 0 Å². The van der Waals surface area contributed by atoms with Gasteiger partial charge in [-0.25, -0.2) is 0 Å². The van der Waals surface area contributed by atoms with Gasteiger partial charge in [-0.2, -0.15) is 17.0 Å². The van der Waals surface area contributed by atoms with E-state index >= 15 is 0 Å². The normalized spacial score (nSPS) is 22.1. The average molecular weight is 320 g/mol. The van der Waals surface area contributed by atoms with Gasteiger partial charge in [-0.1, -0.05) is 49.2 Å². The van der Waals surface area contributed by atoms with Crippen molar-refractivity contribution in [2.24, 2.45) is 0 Å². The molecule has 120 valence electrons. The lowest BCUT2D eigenvalue weighted by atomic mass is 10.0. The van der Waals surface area contributed by atoms with E-state index in [9.17, 15) is 8.42 Å². The van der Waals surface area contributed by atoms with Crippen LogP contribution in [0.25, 0.3) is 5.57 Å². The van der Waals surface area contributed by atoms with Gasteiger partial charge < -0.3 is 0 Å². The lowest BCUT2D eigenvalue weighted by molar-refractivity contribution is 0.353. The summed E-state index contributed by atoms with van der Waals surface area (Å²) in [6.07, 6.45) is 7.11. The zero-order chi connectivity index (χ0) is 15.4. The van der Waals surface area contributed by atoms with Gasteiger partial charge in [0.15, 0.2) is 0 Å². The molecule has 0 aromatic heterocycles. The van der Waals surface area contributed by atoms with Crippen LogP contribution in [0.1, 0.15) is 37.7 Å². The van der Waals surface area contributed by atoms with E-state index in [0.29, 0.717) is 26.2 Å². The summed E-state index contributed by atoms with van der Waals surface area (Å²) in [6, 6.07) is 10.2. The SMILES string of the molecule is O=S(=O)(N1CC=C(c2ccccc2)CC1)N1CCCCCC1. The van der Waals surface area contributed by atoms with Crippen molar-refractivity contribution >= 4 is 15.8 Å². The average Bonchev–Trinajstić information content (AvgIpc) is 2.86. The summed E-state index contributed by atoms with van der Waals surface area (Å²) in [6.45, 7) is 2.42. The molecule has 1 aromatic rings. The molecule has 5 heteroatoms. The topological polar surface area (TPSA) is 40.6 Å². The van der Waals surface area contributed by atoms with Crippen LogP contribution >= 0.6 is 0 Å². The van der Waals surface area contributed by atoms with Crippen molar-refractivity contribution in [3.8, 4) is 0 Å². The smallest absolute Gasteiger partial charge is 0.195 e. The highest BCUT2D eigenvalue weighted by Crippen LogP contribution is 2.25. The highest BCUT2D eigenvalue weighted by Gasteiger charge is 2.30. The predicted molar refractivity (Wildman–Crippen MR) is 89.6 cm³/mol. The van der Waals surface area contributed by atoms with Gasteiger partial charge >= 0.3 is 0 Å². The van der Waals surface area contributed by atoms with Crippen LogP contribution in [0.5, 0.6) is 0 Å². The van der Waals surface area contributed by atoms with Crippen LogP contribution < -0.4 is 0 Å². The van der Waals surface area contributed by atoms with E-state index in [1.165, 1.54) is 11.1 Å². The first-order valence-corrected chi connectivity index (χ1v) is 9.57. The fraction of sp³-hybridized carbons (Fsp3) is 0.529. The lowest BCUT2D eigenvalue weighted by Gasteiger charge is -2.31. The summed E-state index contributed by atoms with van der Waals surface area (Å²) in [7, 11) is -3.29. The summed E-state index contributed by atoms with van der Waals surface area (Å²) in [5.74, 6) is 0. The summed E-state index contributed by atoms with van der Waals surface area (Å²) < 4.78 is 28.8. The zero-order valence-corrected chi connectivity index (χ0v) is 13.8. The van der Waals surface area contributed by atoms with Gasteiger partial charge in [0.2, 0.25) is 0 Å². The second kappa shape index (κ2) is 6.94. The zero-order valence-electron chi connectivity index (χ0n) is 12.9. The van der Waals surface area contributed by atoms with E-state index in [4.69, 9.17) is 0 Å². The standard InChI is InChI=1S/C17H24N2O2S/c20-22(21,18-12-6-1-2-7-13-18)19-14-10-17(11-15-19)16-8-4-3-5-9-16/h3-5,8-10H,1-2,6-7,11-15H2. The van der Waals surface area contributed by atoms with Crippen molar-refractivity contribution < 1.29 is 8.42 Å². The second-order valence-corrected chi connectivity index (χ2v) is 7.95. The van der Waals surface area contributed by atoms with Gasteiger partial charge in [0.05, 0.1) is 0 Å². The third-order valence-corrected chi connectivity index (χ3v) is 6.54. The third kappa shape index (κ3) is 3.42. The molecule has 0 amide bonds. The highest BCUT2D eigenvalue weighted by atomic mass is 32.2. The van der Waals surface area contributed by atoms with Crippen LogP contribution in [-0.2, 0) is 10.2 Å². The van der Waals surface area contributed by atoms with Crippen molar-refractivity contribution in [2.75, 3.05) is 26.2 Å². The van der Waals surface area contributed by atoms with Crippen molar-refractivity contribution in [1.82, 2.24) is 8.61 Å². The Morgan fingerprint density at radius 2 is 1.50 bits per heavy atom. The molecule has 0 aliphatic carbocycles. The summed E-state index contributed by atoms with van der Waals surface area (Å²) in [4.78, 5) is 0. The summed E-state index contributed by atoms with van der Waals surface area (Å²) in [5.41, 5.74) is 2.46. The van der Waals surface area contributed by atoms with Gasteiger partial charge in [0.25, 0.3) is 10.2 Å². The quantitative estimate of drug-likeness (QED) is 0.859. The molecule has 1 saturated heterocycles. The minimum atomic E-state index is -3.29. The molecule has 3 rings (SSSR count). The van der Waals surface area contributed by atoms with E-state index in [0.717, 1.165) is 32.1 Å². The van der Waals surface area contributed by atoms with Crippen LogP contribution in [0.3, 0.4) is 0 Å². The number of benzene rings is 1. The molecule has 2 aliphatic rings. The Bertz CT molecular complexity index is 617. The molecule has 22 heavy (non-hydrogen) atoms. The second-order valence-electron chi connectivity index (χ2n) is 6.02. The van der Waals surface area contributed by atoms with Crippen LogP contribution in [-0.4, -0.2) is 43.2 Å². The molecular weight excluding hydrogens is 296 g/mol. The van der Waals surface area contributed by atoms with Gasteiger partial charge in [-0.15, -0.1) is 0 Å². The van der Waals surface area contributed by atoms with Crippen molar-refractivity contribution in [3.05, 3.63) is 42.0 Å². The molecular formula is C17H24N2O2S. The first kappa shape index (κ1) is 15.7. The maximum absolute atomic E-state index is 12.8. The minimum Gasteiger partial charge on any atom is -0.195 e. The van der Waals surface area contributed by atoms with Gasteiger partial charge in [0, 0.05) is 26.2 Å². The van der Waals surface area contributed by atoms with E-state index in [-0.39, 0.29) is 0 Å². The first-order chi connectivity index (χ1) is 10.7. The van der Waals surface area contributed by atoms with Gasteiger partial charge in [0.1, 0.15) is 0 Å². The molecule has 0 bridgehead atoms. The maximum atomic E-state index is 12.8. The van der Waals surface area contributed by atoms with E-state index in [1.54, 1.807) is 8.61 Å². The molecule has 0 atom stereocenters. The number of rotatable bonds is 3. The Balaban J connectivity index is 1.70. The number of hydrogen-bond acceptors (Lipinski definition) is 2. The number of hydrogen-bond donors (Lipinski definition) is 0. The van der Waals surface area contributed by atoms with Crippen LogP contribution in [0.15, 0.2) is 36.4 Å². The van der Waals surface area contributed by atoms with Crippen LogP contribution in [0.2, 0.25) is 0 Å². The molecule has 4 nitrogen and oxygen atoms in total. The largest absolute Gasteiger partial charge is 0.282 e. The molecule has 1 fully saturated rings. The Morgan fingerprint density at radius 1 is 0.818 bits per heavy atom. The maximum Gasteiger partial charge on any atom is 0.282 e. The third-order valence-electron chi connectivity index (χ3n) is 4.53. The molecule has 0 unspecified atom stereocenters. The van der Waals surface area contributed by atoms with Gasteiger partial charge in [-0.05, 0) is 30.4 Å². The molecule has 0 spiro atoms.